The summed E-state index contributed by atoms with van der Waals surface area (Å²) >= 11 is 0. The molecule has 1 fully saturated rings. The van der Waals surface area contributed by atoms with Gasteiger partial charge in [-0.15, -0.1) is 0 Å². The van der Waals surface area contributed by atoms with E-state index in [1.165, 1.54) is 0 Å². The van der Waals surface area contributed by atoms with Gasteiger partial charge in [-0.2, -0.15) is 0 Å². The van der Waals surface area contributed by atoms with Crippen molar-refractivity contribution in [1.29, 1.82) is 0 Å². The maximum absolute atomic E-state index is 11.6. The number of likely N-dealkylation sites (N-methyl/N-ethyl adjacent to an activating group) is 1. The van der Waals surface area contributed by atoms with Crippen molar-refractivity contribution in [2.24, 2.45) is 5.92 Å². The molecule has 0 aromatic heterocycles. The highest BCUT2D eigenvalue weighted by Gasteiger charge is 2.31. The molecule has 1 N–H and O–H groups in total. The predicted octanol–water partition coefficient (Wildman–Crippen LogP) is 1.24. The first-order chi connectivity index (χ1) is 6.40. The summed E-state index contributed by atoms with van der Waals surface area (Å²) in [6.45, 7) is 8.09. The SMILES string of the molecule is CN(CCNC(C)(C)C)C(=O)C1CC1. The van der Waals surface area contributed by atoms with Crippen molar-refractivity contribution in [2.45, 2.75) is 39.2 Å². The average molecular weight is 198 g/mol. The van der Waals surface area contributed by atoms with Crippen LogP contribution in [-0.2, 0) is 4.79 Å². The summed E-state index contributed by atoms with van der Waals surface area (Å²) in [6, 6.07) is 0. The summed E-state index contributed by atoms with van der Waals surface area (Å²) in [6.07, 6.45) is 2.19. The number of carbonyl (C=O) groups excluding carboxylic acids is 1. The zero-order chi connectivity index (χ0) is 10.8. The Morgan fingerprint density at radius 3 is 2.43 bits per heavy atom. The van der Waals surface area contributed by atoms with Gasteiger partial charge in [0.25, 0.3) is 0 Å². The first-order valence-electron chi connectivity index (χ1n) is 5.40. The van der Waals surface area contributed by atoms with Crippen LogP contribution in [0.25, 0.3) is 0 Å². The second kappa shape index (κ2) is 4.30. The molecular formula is C11H22N2O. The fourth-order valence-corrected chi connectivity index (χ4v) is 1.35. The first-order valence-corrected chi connectivity index (χ1v) is 5.40. The Bertz CT molecular complexity index is 204. The van der Waals surface area contributed by atoms with Crippen LogP contribution in [0.5, 0.6) is 0 Å². The highest BCUT2D eigenvalue weighted by molar-refractivity contribution is 5.80. The quantitative estimate of drug-likeness (QED) is 0.737. The summed E-state index contributed by atoms with van der Waals surface area (Å²) in [5.41, 5.74) is 0.142. The standard InChI is InChI=1S/C11H22N2O/c1-11(2,3)12-7-8-13(4)10(14)9-5-6-9/h9,12H,5-8H2,1-4H3. The molecule has 0 aliphatic heterocycles. The summed E-state index contributed by atoms with van der Waals surface area (Å²) in [5, 5.41) is 3.37. The van der Waals surface area contributed by atoms with Crippen LogP contribution in [0.2, 0.25) is 0 Å². The van der Waals surface area contributed by atoms with Crippen LogP contribution in [0.3, 0.4) is 0 Å². The van der Waals surface area contributed by atoms with Crippen molar-refractivity contribution in [2.75, 3.05) is 20.1 Å². The Morgan fingerprint density at radius 2 is 2.00 bits per heavy atom. The molecule has 0 heterocycles. The Hall–Kier alpha value is -0.570. The minimum atomic E-state index is 0.142. The molecular weight excluding hydrogens is 176 g/mol. The lowest BCUT2D eigenvalue weighted by molar-refractivity contribution is -0.131. The van der Waals surface area contributed by atoms with Gasteiger partial charge in [-0.25, -0.2) is 0 Å². The molecule has 0 aromatic carbocycles. The maximum atomic E-state index is 11.6. The largest absolute Gasteiger partial charge is 0.344 e. The topological polar surface area (TPSA) is 32.3 Å². The minimum absolute atomic E-state index is 0.142. The fraction of sp³-hybridized carbons (Fsp3) is 0.909. The Labute approximate surface area is 86.9 Å². The molecule has 0 bridgehead atoms. The van der Waals surface area contributed by atoms with Gasteiger partial charge in [-0.05, 0) is 33.6 Å². The van der Waals surface area contributed by atoms with E-state index in [0.717, 1.165) is 25.9 Å². The van der Waals surface area contributed by atoms with Gasteiger partial charge in [-0.3, -0.25) is 4.79 Å². The van der Waals surface area contributed by atoms with E-state index in [1.54, 1.807) is 0 Å². The maximum Gasteiger partial charge on any atom is 0.225 e. The molecule has 1 aliphatic carbocycles. The van der Waals surface area contributed by atoms with Crippen molar-refractivity contribution in [3.8, 4) is 0 Å². The first kappa shape index (κ1) is 11.5. The number of carbonyl (C=O) groups is 1. The lowest BCUT2D eigenvalue weighted by atomic mass is 10.1. The van der Waals surface area contributed by atoms with E-state index >= 15 is 0 Å². The van der Waals surface area contributed by atoms with Crippen molar-refractivity contribution in [3.05, 3.63) is 0 Å². The second-order valence-corrected chi connectivity index (χ2v) is 5.21. The third kappa shape index (κ3) is 4.09. The number of amides is 1. The molecule has 0 atom stereocenters. The monoisotopic (exact) mass is 198 g/mol. The van der Waals surface area contributed by atoms with Gasteiger partial charge in [-0.1, -0.05) is 0 Å². The second-order valence-electron chi connectivity index (χ2n) is 5.21. The van der Waals surface area contributed by atoms with Crippen molar-refractivity contribution in [1.82, 2.24) is 10.2 Å². The highest BCUT2D eigenvalue weighted by atomic mass is 16.2. The summed E-state index contributed by atoms with van der Waals surface area (Å²) in [7, 11) is 1.89. The minimum Gasteiger partial charge on any atom is -0.344 e. The van der Waals surface area contributed by atoms with Gasteiger partial charge in [0.15, 0.2) is 0 Å². The van der Waals surface area contributed by atoms with Crippen LogP contribution in [0.1, 0.15) is 33.6 Å². The van der Waals surface area contributed by atoms with E-state index in [2.05, 4.69) is 26.1 Å². The van der Waals surface area contributed by atoms with E-state index in [4.69, 9.17) is 0 Å². The Balaban J connectivity index is 2.14. The number of nitrogens with zero attached hydrogens (tertiary/aromatic N) is 1. The summed E-state index contributed by atoms with van der Waals surface area (Å²) in [4.78, 5) is 13.4. The molecule has 0 radical (unpaired) electrons. The van der Waals surface area contributed by atoms with Gasteiger partial charge in [0, 0.05) is 31.6 Å². The normalized spacial score (nSPS) is 16.9. The summed E-state index contributed by atoms with van der Waals surface area (Å²) < 4.78 is 0. The molecule has 0 spiro atoms. The van der Waals surface area contributed by atoms with Gasteiger partial charge in [0.05, 0.1) is 0 Å². The molecule has 0 unspecified atom stereocenters. The molecule has 1 aliphatic rings. The molecule has 3 heteroatoms. The van der Waals surface area contributed by atoms with Gasteiger partial charge < -0.3 is 10.2 Å². The molecule has 1 amide bonds. The van der Waals surface area contributed by atoms with Crippen molar-refractivity contribution >= 4 is 5.91 Å². The highest BCUT2D eigenvalue weighted by Crippen LogP contribution is 2.30. The van der Waals surface area contributed by atoms with Gasteiger partial charge in [0.1, 0.15) is 0 Å². The zero-order valence-electron chi connectivity index (χ0n) is 9.76. The molecule has 1 rings (SSSR count). The molecule has 1 saturated carbocycles. The Morgan fingerprint density at radius 1 is 1.43 bits per heavy atom. The van der Waals surface area contributed by atoms with Gasteiger partial charge >= 0.3 is 0 Å². The van der Waals surface area contributed by atoms with Crippen LogP contribution < -0.4 is 5.32 Å². The average Bonchev–Trinajstić information content (AvgIpc) is 2.82. The van der Waals surface area contributed by atoms with E-state index in [0.29, 0.717) is 11.8 Å². The molecule has 14 heavy (non-hydrogen) atoms. The lowest BCUT2D eigenvalue weighted by Gasteiger charge is -2.23. The van der Waals surface area contributed by atoms with Crippen molar-refractivity contribution < 1.29 is 4.79 Å². The third-order valence-electron chi connectivity index (χ3n) is 2.41. The lowest BCUT2D eigenvalue weighted by Crippen LogP contribution is -2.42. The number of rotatable bonds is 4. The molecule has 0 aromatic rings. The van der Waals surface area contributed by atoms with Crippen molar-refractivity contribution in [3.63, 3.8) is 0 Å². The van der Waals surface area contributed by atoms with E-state index in [-0.39, 0.29) is 5.54 Å². The van der Waals surface area contributed by atoms with Gasteiger partial charge in [0.2, 0.25) is 5.91 Å². The van der Waals surface area contributed by atoms with E-state index in [1.807, 2.05) is 11.9 Å². The Kier molecular flexibility index (Phi) is 3.53. The number of hydrogen-bond acceptors (Lipinski definition) is 2. The summed E-state index contributed by atoms with van der Waals surface area (Å²) in [5.74, 6) is 0.662. The zero-order valence-corrected chi connectivity index (χ0v) is 9.76. The third-order valence-corrected chi connectivity index (χ3v) is 2.41. The van der Waals surface area contributed by atoms with Crippen LogP contribution in [0.4, 0.5) is 0 Å². The van der Waals surface area contributed by atoms with Crippen LogP contribution in [0, 0.1) is 5.92 Å². The van der Waals surface area contributed by atoms with Crippen LogP contribution in [0.15, 0.2) is 0 Å². The smallest absolute Gasteiger partial charge is 0.225 e. The molecule has 82 valence electrons. The fourth-order valence-electron chi connectivity index (χ4n) is 1.35. The number of hydrogen-bond donors (Lipinski definition) is 1. The number of nitrogens with one attached hydrogen (secondary N) is 1. The van der Waals surface area contributed by atoms with Crippen LogP contribution >= 0.6 is 0 Å². The van der Waals surface area contributed by atoms with Crippen LogP contribution in [-0.4, -0.2) is 36.5 Å². The van der Waals surface area contributed by atoms with E-state index in [9.17, 15) is 4.79 Å². The molecule has 0 saturated heterocycles. The predicted molar refractivity (Wildman–Crippen MR) is 58.1 cm³/mol. The van der Waals surface area contributed by atoms with E-state index < -0.39 is 0 Å². The molecule has 3 nitrogen and oxygen atoms in total.